The number of nitrogens with two attached hydrogens (primary N) is 1. The molecule has 106 valence electrons. The van der Waals surface area contributed by atoms with E-state index in [1.807, 2.05) is 0 Å². The first kappa shape index (κ1) is 16.3. The Morgan fingerprint density at radius 3 is 2.95 bits per heavy atom. The van der Waals surface area contributed by atoms with Crippen molar-refractivity contribution in [3.63, 3.8) is 0 Å². The van der Waals surface area contributed by atoms with Gasteiger partial charge in [-0.05, 0) is 31.2 Å². The molecule has 2 N–H and O–H groups in total. The normalized spacial score (nSPS) is 20.0. The van der Waals surface area contributed by atoms with E-state index in [1.165, 1.54) is 24.0 Å². The molecule has 1 unspecified atom stereocenters. The van der Waals surface area contributed by atoms with Gasteiger partial charge in [0, 0.05) is 13.1 Å². The van der Waals surface area contributed by atoms with Crippen LogP contribution in [-0.2, 0) is 6.54 Å². The van der Waals surface area contributed by atoms with Crippen LogP contribution in [0.3, 0.4) is 0 Å². The van der Waals surface area contributed by atoms with Crippen molar-refractivity contribution in [3.8, 4) is 0 Å². The van der Waals surface area contributed by atoms with Gasteiger partial charge >= 0.3 is 0 Å². The zero-order valence-corrected chi connectivity index (χ0v) is 14.1. The molecule has 2 rings (SSSR count). The summed E-state index contributed by atoms with van der Waals surface area (Å²) in [5.74, 6) is 1.43. The van der Waals surface area contributed by atoms with Gasteiger partial charge < -0.3 is 10.6 Å². The molecule has 0 bridgehead atoms. The Bertz CT molecular complexity index is 431. The summed E-state index contributed by atoms with van der Waals surface area (Å²) >= 11 is 0. The maximum atomic E-state index is 6.07. The van der Waals surface area contributed by atoms with Crippen LogP contribution in [0.4, 0.5) is 0 Å². The molecule has 0 aromatic heterocycles. The van der Waals surface area contributed by atoms with Crippen LogP contribution < -0.4 is 5.73 Å². The third-order valence-electron chi connectivity index (χ3n) is 3.49. The van der Waals surface area contributed by atoms with E-state index in [9.17, 15) is 0 Å². The number of hydrogen-bond donors (Lipinski definition) is 1. The Morgan fingerprint density at radius 2 is 2.26 bits per heavy atom. The topological polar surface area (TPSA) is 41.6 Å². The predicted molar refractivity (Wildman–Crippen MR) is 91.9 cm³/mol. The number of benzene rings is 1. The van der Waals surface area contributed by atoms with Gasteiger partial charge in [0.25, 0.3) is 0 Å². The first-order chi connectivity index (χ1) is 8.65. The second-order valence-electron chi connectivity index (χ2n) is 5.36. The van der Waals surface area contributed by atoms with Crippen molar-refractivity contribution in [2.75, 3.05) is 13.1 Å². The minimum Gasteiger partial charge on any atom is -0.370 e. The SMILES string of the molecule is Cc1cccc(CN=C(N)N2CCCC(C)C2)c1.I. The lowest BCUT2D eigenvalue weighted by Crippen LogP contribution is -2.43. The predicted octanol–water partition coefficient (Wildman–Crippen LogP) is 3.16. The quantitative estimate of drug-likeness (QED) is 0.492. The highest BCUT2D eigenvalue weighted by molar-refractivity contribution is 14.0. The zero-order valence-electron chi connectivity index (χ0n) is 11.8. The molecule has 19 heavy (non-hydrogen) atoms. The largest absolute Gasteiger partial charge is 0.370 e. The van der Waals surface area contributed by atoms with Crippen LogP contribution in [0.25, 0.3) is 0 Å². The van der Waals surface area contributed by atoms with E-state index in [-0.39, 0.29) is 24.0 Å². The fourth-order valence-corrected chi connectivity index (χ4v) is 2.48. The second-order valence-corrected chi connectivity index (χ2v) is 5.36. The third-order valence-corrected chi connectivity index (χ3v) is 3.49. The van der Waals surface area contributed by atoms with Crippen molar-refractivity contribution in [2.24, 2.45) is 16.6 Å². The van der Waals surface area contributed by atoms with Crippen LogP contribution in [0.1, 0.15) is 30.9 Å². The fourth-order valence-electron chi connectivity index (χ4n) is 2.48. The second kappa shape index (κ2) is 7.72. The van der Waals surface area contributed by atoms with E-state index in [0.29, 0.717) is 12.5 Å². The molecule has 0 amide bonds. The summed E-state index contributed by atoms with van der Waals surface area (Å²) in [5.41, 5.74) is 8.57. The highest BCUT2D eigenvalue weighted by atomic mass is 127. The highest BCUT2D eigenvalue weighted by Crippen LogP contribution is 2.15. The van der Waals surface area contributed by atoms with Crippen molar-refractivity contribution < 1.29 is 0 Å². The van der Waals surface area contributed by atoms with Crippen molar-refractivity contribution in [2.45, 2.75) is 33.2 Å². The van der Waals surface area contributed by atoms with E-state index < -0.39 is 0 Å². The molecule has 1 aliphatic rings. The van der Waals surface area contributed by atoms with Crippen LogP contribution in [0.15, 0.2) is 29.3 Å². The maximum absolute atomic E-state index is 6.07. The lowest BCUT2D eigenvalue weighted by atomic mass is 10.0. The van der Waals surface area contributed by atoms with E-state index in [1.54, 1.807) is 0 Å². The number of nitrogens with zero attached hydrogens (tertiary/aromatic N) is 2. The summed E-state index contributed by atoms with van der Waals surface area (Å²) in [4.78, 5) is 6.73. The number of halogens is 1. The van der Waals surface area contributed by atoms with Crippen molar-refractivity contribution >= 4 is 29.9 Å². The number of hydrogen-bond acceptors (Lipinski definition) is 1. The molecule has 1 aromatic carbocycles. The molecule has 1 fully saturated rings. The first-order valence-corrected chi connectivity index (χ1v) is 6.75. The molecule has 1 heterocycles. The standard InChI is InChI=1S/C15H23N3.HI/c1-12-5-3-7-14(9-12)10-17-15(16)18-8-4-6-13(2)11-18;/h3,5,7,9,13H,4,6,8,10-11H2,1-2H3,(H2,16,17);1H. The lowest BCUT2D eigenvalue weighted by Gasteiger charge is -2.31. The third kappa shape index (κ3) is 5.01. The van der Waals surface area contributed by atoms with E-state index in [4.69, 9.17) is 5.73 Å². The molecule has 0 saturated carbocycles. The van der Waals surface area contributed by atoms with Crippen molar-refractivity contribution in [3.05, 3.63) is 35.4 Å². The molecule has 0 aliphatic carbocycles. The maximum Gasteiger partial charge on any atom is 0.191 e. The average Bonchev–Trinajstić information content (AvgIpc) is 2.36. The summed E-state index contributed by atoms with van der Waals surface area (Å²) in [6.45, 7) is 7.15. The molecule has 1 aliphatic heterocycles. The van der Waals surface area contributed by atoms with E-state index in [2.05, 4.69) is 48.0 Å². The van der Waals surface area contributed by atoms with Gasteiger partial charge in [-0.3, -0.25) is 0 Å². The molecule has 4 heteroatoms. The summed E-state index contributed by atoms with van der Waals surface area (Å²) < 4.78 is 0. The minimum absolute atomic E-state index is 0. The lowest BCUT2D eigenvalue weighted by molar-refractivity contribution is 0.270. The molecule has 1 saturated heterocycles. The van der Waals surface area contributed by atoms with Gasteiger partial charge in [-0.1, -0.05) is 36.8 Å². The number of guanidine groups is 1. The average molecular weight is 373 g/mol. The molecule has 0 radical (unpaired) electrons. The van der Waals surface area contributed by atoms with Gasteiger partial charge in [0.1, 0.15) is 0 Å². The Kier molecular flexibility index (Phi) is 6.62. The number of likely N-dealkylation sites (tertiary alicyclic amines) is 1. The van der Waals surface area contributed by atoms with Crippen LogP contribution in [-0.4, -0.2) is 23.9 Å². The van der Waals surface area contributed by atoms with Gasteiger partial charge in [0.2, 0.25) is 0 Å². The van der Waals surface area contributed by atoms with Crippen LogP contribution in [0, 0.1) is 12.8 Å². The number of aryl methyl sites for hydroxylation is 1. The molecule has 1 atom stereocenters. The monoisotopic (exact) mass is 373 g/mol. The molecular formula is C15H24IN3. The van der Waals surface area contributed by atoms with E-state index in [0.717, 1.165) is 19.0 Å². The van der Waals surface area contributed by atoms with Crippen molar-refractivity contribution in [1.82, 2.24) is 4.90 Å². The summed E-state index contributed by atoms with van der Waals surface area (Å²) in [6, 6.07) is 8.43. The van der Waals surface area contributed by atoms with Gasteiger partial charge in [0.15, 0.2) is 5.96 Å². The number of aliphatic imine (C=N–C) groups is 1. The summed E-state index contributed by atoms with van der Waals surface area (Å²) in [7, 11) is 0. The van der Waals surface area contributed by atoms with Crippen LogP contribution in [0.5, 0.6) is 0 Å². The van der Waals surface area contributed by atoms with E-state index >= 15 is 0 Å². The smallest absolute Gasteiger partial charge is 0.191 e. The van der Waals surface area contributed by atoms with Gasteiger partial charge in [-0.2, -0.15) is 0 Å². The Hall–Kier alpha value is -0.780. The number of rotatable bonds is 2. The summed E-state index contributed by atoms with van der Waals surface area (Å²) in [5, 5.41) is 0. The van der Waals surface area contributed by atoms with Crippen molar-refractivity contribution in [1.29, 1.82) is 0 Å². The van der Waals surface area contributed by atoms with Crippen LogP contribution in [0.2, 0.25) is 0 Å². The Morgan fingerprint density at radius 1 is 1.47 bits per heavy atom. The van der Waals surface area contributed by atoms with Gasteiger partial charge in [-0.25, -0.2) is 4.99 Å². The van der Waals surface area contributed by atoms with Gasteiger partial charge in [-0.15, -0.1) is 24.0 Å². The molecule has 1 aromatic rings. The molecular weight excluding hydrogens is 349 g/mol. The first-order valence-electron chi connectivity index (χ1n) is 6.75. The Labute approximate surface area is 133 Å². The molecule has 0 spiro atoms. The fraction of sp³-hybridized carbons (Fsp3) is 0.533. The van der Waals surface area contributed by atoms with Crippen LogP contribution >= 0.6 is 24.0 Å². The van der Waals surface area contributed by atoms with Gasteiger partial charge in [0.05, 0.1) is 6.54 Å². The number of piperidine rings is 1. The summed E-state index contributed by atoms with van der Waals surface area (Å²) in [6.07, 6.45) is 2.53. The zero-order chi connectivity index (χ0) is 13.0. The minimum atomic E-state index is 0. The Balaban J connectivity index is 0.00000180. The highest BCUT2D eigenvalue weighted by Gasteiger charge is 2.17. The molecule has 3 nitrogen and oxygen atoms in total.